The maximum atomic E-state index is 11.2. The second-order valence-corrected chi connectivity index (χ2v) is 4.25. The van der Waals surface area contributed by atoms with Crippen LogP contribution in [0.25, 0.3) is 6.08 Å². The van der Waals surface area contributed by atoms with E-state index in [9.17, 15) is 4.79 Å². The number of Topliss-reactive ketones (excluding diaryl/α,β-unsaturated/α-hetero) is 1. The van der Waals surface area contributed by atoms with E-state index in [0.29, 0.717) is 24.5 Å². The van der Waals surface area contributed by atoms with Crippen LogP contribution < -0.4 is 0 Å². The number of carbonyl (C=O) groups excluding carboxylic acids is 1. The molecule has 86 valence electrons. The van der Waals surface area contributed by atoms with E-state index < -0.39 is 0 Å². The Labute approximate surface area is 98.2 Å². The van der Waals surface area contributed by atoms with Crippen molar-refractivity contribution in [2.45, 2.75) is 33.1 Å². The van der Waals surface area contributed by atoms with Gasteiger partial charge in [-0.1, -0.05) is 56.3 Å². The smallest absolute Gasteiger partial charge is 0.132 e. The molecule has 0 bridgehead atoms. The van der Waals surface area contributed by atoms with Crippen LogP contribution in [0, 0.1) is 5.92 Å². The Morgan fingerprint density at radius 1 is 1.31 bits per heavy atom. The van der Waals surface area contributed by atoms with Gasteiger partial charge in [0.15, 0.2) is 0 Å². The molecule has 0 aliphatic rings. The molecule has 1 nitrogen and oxygen atoms in total. The Morgan fingerprint density at radius 3 is 2.62 bits per heavy atom. The van der Waals surface area contributed by atoms with Gasteiger partial charge in [0.05, 0.1) is 0 Å². The number of allylic oxidation sites excluding steroid dienone is 1. The van der Waals surface area contributed by atoms with Crippen LogP contribution in [0.3, 0.4) is 0 Å². The Hall–Kier alpha value is -1.37. The molecule has 0 saturated heterocycles. The van der Waals surface area contributed by atoms with E-state index in [1.54, 1.807) is 0 Å². The molecule has 0 aromatic heterocycles. The van der Waals surface area contributed by atoms with Gasteiger partial charge in [-0.15, -0.1) is 0 Å². The molecule has 1 atom stereocenters. The van der Waals surface area contributed by atoms with E-state index in [-0.39, 0.29) is 0 Å². The summed E-state index contributed by atoms with van der Waals surface area (Å²) in [7, 11) is 0. The standard InChI is InChI=1S/C15H20O/c1-3-15(16)12-13(2)8-7-11-14-9-5-4-6-10-14/h4-7,9-11,13H,3,8,12H2,1-2H3/b11-7+. The van der Waals surface area contributed by atoms with Gasteiger partial charge in [-0.3, -0.25) is 4.79 Å². The lowest BCUT2D eigenvalue weighted by Crippen LogP contribution is -2.02. The molecular weight excluding hydrogens is 196 g/mol. The van der Waals surface area contributed by atoms with Gasteiger partial charge in [-0.05, 0) is 17.9 Å². The maximum Gasteiger partial charge on any atom is 0.132 e. The van der Waals surface area contributed by atoms with Crippen LogP contribution in [0.15, 0.2) is 36.4 Å². The number of rotatable bonds is 6. The third kappa shape index (κ3) is 4.92. The summed E-state index contributed by atoms with van der Waals surface area (Å²) >= 11 is 0. The highest BCUT2D eigenvalue weighted by atomic mass is 16.1. The predicted octanol–water partition coefficient (Wildman–Crippen LogP) is 4.10. The monoisotopic (exact) mass is 216 g/mol. The normalized spacial score (nSPS) is 12.9. The molecule has 0 N–H and O–H groups in total. The number of benzene rings is 1. The molecule has 0 amide bonds. The van der Waals surface area contributed by atoms with Crippen molar-refractivity contribution in [3.05, 3.63) is 42.0 Å². The van der Waals surface area contributed by atoms with Crippen molar-refractivity contribution in [2.75, 3.05) is 0 Å². The molecule has 1 aromatic rings. The van der Waals surface area contributed by atoms with E-state index in [1.165, 1.54) is 5.56 Å². The molecule has 0 aliphatic carbocycles. The molecular formula is C15H20O. The molecule has 1 unspecified atom stereocenters. The average Bonchev–Trinajstić information content (AvgIpc) is 2.30. The fourth-order valence-electron chi connectivity index (χ4n) is 1.62. The topological polar surface area (TPSA) is 17.1 Å². The highest BCUT2D eigenvalue weighted by Crippen LogP contribution is 2.11. The van der Waals surface area contributed by atoms with Gasteiger partial charge >= 0.3 is 0 Å². The average molecular weight is 216 g/mol. The predicted molar refractivity (Wildman–Crippen MR) is 69.2 cm³/mol. The highest BCUT2D eigenvalue weighted by molar-refractivity contribution is 5.78. The van der Waals surface area contributed by atoms with Gasteiger partial charge in [-0.2, -0.15) is 0 Å². The first-order chi connectivity index (χ1) is 7.72. The fraction of sp³-hybridized carbons (Fsp3) is 0.400. The minimum Gasteiger partial charge on any atom is -0.300 e. The minimum absolute atomic E-state index is 0.362. The van der Waals surface area contributed by atoms with E-state index >= 15 is 0 Å². The second kappa shape index (κ2) is 7.00. The summed E-state index contributed by atoms with van der Waals surface area (Å²) < 4.78 is 0. The summed E-state index contributed by atoms with van der Waals surface area (Å²) in [6, 6.07) is 10.2. The van der Waals surface area contributed by atoms with Crippen molar-refractivity contribution in [1.82, 2.24) is 0 Å². The first-order valence-corrected chi connectivity index (χ1v) is 5.95. The Balaban J connectivity index is 2.34. The van der Waals surface area contributed by atoms with E-state index in [1.807, 2.05) is 25.1 Å². The summed E-state index contributed by atoms with van der Waals surface area (Å²) in [4.78, 5) is 11.2. The summed E-state index contributed by atoms with van der Waals surface area (Å²) in [6.45, 7) is 4.05. The third-order valence-electron chi connectivity index (χ3n) is 2.62. The van der Waals surface area contributed by atoms with Crippen molar-refractivity contribution in [2.24, 2.45) is 5.92 Å². The number of hydrogen-bond acceptors (Lipinski definition) is 1. The van der Waals surface area contributed by atoms with Crippen LogP contribution in [-0.2, 0) is 4.79 Å². The summed E-state index contributed by atoms with van der Waals surface area (Å²) in [6.07, 6.45) is 6.61. The molecule has 0 aliphatic heterocycles. The van der Waals surface area contributed by atoms with Crippen molar-refractivity contribution >= 4 is 11.9 Å². The summed E-state index contributed by atoms with van der Waals surface area (Å²) in [5.74, 6) is 0.813. The van der Waals surface area contributed by atoms with E-state index in [4.69, 9.17) is 0 Å². The lowest BCUT2D eigenvalue weighted by atomic mass is 9.99. The van der Waals surface area contributed by atoms with Crippen LogP contribution in [-0.4, -0.2) is 5.78 Å². The largest absolute Gasteiger partial charge is 0.300 e. The number of ketones is 1. The van der Waals surface area contributed by atoms with E-state index in [2.05, 4.69) is 31.2 Å². The molecule has 1 aromatic carbocycles. The lowest BCUT2D eigenvalue weighted by Gasteiger charge is -2.05. The molecule has 0 saturated carbocycles. The SMILES string of the molecule is CCC(=O)CC(C)C/C=C/c1ccccc1. The van der Waals surface area contributed by atoms with Crippen LogP contribution in [0.4, 0.5) is 0 Å². The quantitative estimate of drug-likeness (QED) is 0.699. The molecule has 0 heterocycles. The Morgan fingerprint density at radius 2 is 2.00 bits per heavy atom. The summed E-state index contributed by atoms with van der Waals surface area (Å²) in [5.41, 5.74) is 1.22. The van der Waals surface area contributed by atoms with Crippen LogP contribution in [0.5, 0.6) is 0 Å². The van der Waals surface area contributed by atoms with Gasteiger partial charge in [-0.25, -0.2) is 0 Å². The van der Waals surface area contributed by atoms with Crippen LogP contribution in [0.1, 0.15) is 38.7 Å². The number of hydrogen-bond donors (Lipinski definition) is 0. The maximum absolute atomic E-state index is 11.2. The first-order valence-electron chi connectivity index (χ1n) is 5.95. The summed E-state index contributed by atoms with van der Waals surface area (Å²) in [5, 5.41) is 0. The van der Waals surface area contributed by atoms with Gasteiger partial charge in [0.1, 0.15) is 5.78 Å². The molecule has 0 radical (unpaired) electrons. The molecule has 0 fully saturated rings. The molecule has 1 rings (SSSR count). The van der Waals surface area contributed by atoms with Crippen molar-refractivity contribution in [3.8, 4) is 0 Å². The Kier molecular flexibility index (Phi) is 5.55. The van der Waals surface area contributed by atoms with Gasteiger partial charge in [0.2, 0.25) is 0 Å². The first kappa shape index (κ1) is 12.7. The van der Waals surface area contributed by atoms with Crippen molar-refractivity contribution in [3.63, 3.8) is 0 Å². The zero-order chi connectivity index (χ0) is 11.8. The molecule has 1 heteroatoms. The van der Waals surface area contributed by atoms with Crippen molar-refractivity contribution < 1.29 is 4.79 Å². The molecule has 16 heavy (non-hydrogen) atoms. The fourth-order valence-corrected chi connectivity index (χ4v) is 1.62. The number of carbonyl (C=O) groups is 1. The van der Waals surface area contributed by atoms with Gasteiger partial charge in [0.25, 0.3) is 0 Å². The van der Waals surface area contributed by atoms with Crippen LogP contribution >= 0.6 is 0 Å². The van der Waals surface area contributed by atoms with Gasteiger partial charge in [0, 0.05) is 12.8 Å². The van der Waals surface area contributed by atoms with E-state index in [0.717, 1.165) is 6.42 Å². The lowest BCUT2D eigenvalue weighted by molar-refractivity contribution is -0.119. The second-order valence-electron chi connectivity index (χ2n) is 4.25. The highest BCUT2D eigenvalue weighted by Gasteiger charge is 2.05. The van der Waals surface area contributed by atoms with Crippen molar-refractivity contribution in [1.29, 1.82) is 0 Å². The zero-order valence-electron chi connectivity index (χ0n) is 10.1. The van der Waals surface area contributed by atoms with Crippen LogP contribution in [0.2, 0.25) is 0 Å². The third-order valence-corrected chi connectivity index (χ3v) is 2.62. The Bertz CT molecular complexity index is 338. The minimum atomic E-state index is 0.362. The van der Waals surface area contributed by atoms with Gasteiger partial charge < -0.3 is 0 Å². The zero-order valence-corrected chi connectivity index (χ0v) is 10.1. The molecule has 0 spiro atoms.